The van der Waals surface area contributed by atoms with Crippen molar-refractivity contribution >= 4 is 17.4 Å². The molecule has 1 atom stereocenters. The monoisotopic (exact) mass is 274 g/mol. The molecular formula is C13H30O2Si2. The van der Waals surface area contributed by atoms with Crippen LogP contribution in [-0.2, 0) is 8.85 Å². The number of rotatable bonds is 5. The van der Waals surface area contributed by atoms with Gasteiger partial charge in [-0.2, -0.15) is 0 Å². The molecule has 0 amide bonds. The second-order valence-electron chi connectivity index (χ2n) is 7.02. The Bertz CT molecular complexity index is 260. The Morgan fingerprint density at radius 2 is 1.65 bits per heavy atom. The van der Waals surface area contributed by atoms with Crippen LogP contribution in [0.2, 0.25) is 32.7 Å². The number of allylic oxidation sites excluding steroid dienone is 1. The molecule has 0 bridgehead atoms. The number of hydrogen-bond acceptors (Lipinski definition) is 2. The first kappa shape index (κ1) is 16.8. The molecule has 0 heterocycles. The third kappa shape index (κ3) is 8.49. The summed E-state index contributed by atoms with van der Waals surface area (Å²) in [4.78, 5) is 0. The van der Waals surface area contributed by atoms with Crippen LogP contribution < -0.4 is 0 Å². The second kappa shape index (κ2) is 6.09. The molecule has 17 heavy (non-hydrogen) atoms. The van der Waals surface area contributed by atoms with Crippen LogP contribution in [0.1, 0.15) is 27.7 Å². The zero-order chi connectivity index (χ0) is 13.9. The van der Waals surface area contributed by atoms with Gasteiger partial charge in [0.25, 0.3) is 0 Å². The first-order valence-electron chi connectivity index (χ1n) is 6.49. The quantitative estimate of drug-likeness (QED) is 0.548. The van der Waals surface area contributed by atoms with Gasteiger partial charge in [-0.15, -0.1) is 0 Å². The Hall–Kier alpha value is -0.226. The lowest BCUT2D eigenvalue weighted by Gasteiger charge is -2.28. The lowest BCUT2D eigenvalue weighted by atomic mass is 9.82. The lowest BCUT2D eigenvalue weighted by Crippen LogP contribution is -2.28. The molecule has 4 heteroatoms. The standard InChI is InChI=1S/C13H30O2Si2/c1-11(13(2,3)4)10-12(14-16(5)6)15-17(7,8)9/h10-11,16H,1-9H3/b12-10+/t11-/m1/s1. The van der Waals surface area contributed by atoms with Crippen LogP contribution in [0.3, 0.4) is 0 Å². The molecule has 0 saturated heterocycles. The number of hydrogen-bond donors (Lipinski definition) is 0. The van der Waals surface area contributed by atoms with E-state index in [1.54, 1.807) is 0 Å². The predicted octanol–water partition coefficient (Wildman–Crippen LogP) is 4.36. The fourth-order valence-corrected chi connectivity index (χ4v) is 2.49. The fraction of sp³-hybridized carbons (Fsp3) is 0.846. The highest BCUT2D eigenvalue weighted by atomic mass is 28.4. The van der Waals surface area contributed by atoms with E-state index in [1.807, 2.05) is 0 Å². The van der Waals surface area contributed by atoms with Crippen LogP contribution in [0.5, 0.6) is 0 Å². The molecule has 0 aromatic carbocycles. The summed E-state index contributed by atoms with van der Waals surface area (Å²) in [6.07, 6.45) is 2.16. The molecule has 0 aliphatic carbocycles. The van der Waals surface area contributed by atoms with Crippen molar-refractivity contribution in [3.05, 3.63) is 12.0 Å². The Kier molecular flexibility index (Phi) is 6.01. The molecule has 102 valence electrons. The Labute approximate surface area is 110 Å². The van der Waals surface area contributed by atoms with Gasteiger partial charge in [0.2, 0.25) is 23.3 Å². The van der Waals surface area contributed by atoms with Crippen LogP contribution in [0, 0.1) is 11.3 Å². The summed E-state index contributed by atoms with van der Waals surface area (Å²) >= 11 is 0. The molecule has 2 nitrogen and oxygen atoms in total. The van der Waals surface area contributed by atoms with Crippen LogP contribution in [-0.4, -0.2) is 17.4 Å². The zero-order valence-electron chi connectivity index (χ0n) is 13.0. The van der Waals surface area contributed by atoms with Crippen LogP contribution in [0.15, 0.2) is 12.0 Å². The van der Waals surface area contributed by atoms with Crippen molar-refractivity contribution in [3.63, 3.8) is 0 Å². The highest BCUT2D eigenvalue weighted by molar-refractivity contribution is 6.70. The molecule has 0 radical (unpaired) electrons. The van der Waals surface area contributed by atoms with Gasteiger partial charge in [0, 0.05) is 0 Å². The Balaban J connectivity index is 4.85. The summed E-state index contributed by atoms with van der Waals surface area (Å²) in [5, 5.41) is 0. The SMILES string of the molecule is C[C@H](/C=C(\O[SiH](C)C)O[Si](C)(C)C)C(C)(C)C. The van der Waals surface area contributed by atoms with Crippen molar-refractivity contribution in [2.24, 2.45) is 11.3 Å². The van der Waals surface area contributed by atoms with E-state index in [0.29, 0.717) is 5.92 Å². The first-order chi connectivity index (χ1) is 7.42. The van der Waals surface area contributed by atoms with Crippen molar-refractivity contribution < 1.29 is 8.85 Å². The van der Waals surface area contributed by atoms with Gasteiger partial charge in [-0.25, -0.2) is 0 Å². The molecule has 0 aromatic heterocycles. The molecule has 0 aliphatic heterocycles. The molecule has 0 aliphatic rings. The van der Waals surface area contributed by atoms with E-state index in [9.17, 15) is 0 Å². The van der Waals surface area contributed by atoms with E-state index < -0.39 is 17.4 Å². The van der Waals surface area contributed by atoms with Gasteiger partial charge in [-0.1, -0.05) is 27.7 Å². The minimum absolute atomic E-state index is 0.246. The van der Waals surface area contributed by atoms with E-state index in [4.69, 9.17) is 8.85 Å². The van der Waals surface area contributed by atoms with Gasteiger partial charge in [0.15, 0.2) is 0 Å². The smallest absolute Gasteiger partial charge is 0.247 e. The van der Waals surface area contributed by atoms with Crippen molar-refractivity contribution in [2.45, 2.75) is 60.4 Å². The van der Waals surface area contributed by atoms with E-state index >= 15 is 0 Å². The molecule has 0 N–H and O–H groups in total. The summed E-state index contributed by atoms with van der Waals surface area (Å²) in [7, 11) is -2.69. The molecule has 0 fully saturated rings. The van der Waals surface area contributed by atoms with Gasteiger partial charge in [0.05, 0.1) is 0 Å². The molecule has 0 saturated carbocycles. The van der Waals surface area contributed by atoms with Gasteiger partial charge < -0.3 is 8.85 Å². The molecule has 0 aromatic rings. The average Bonchev–Trinajstić information content (AvgIpc) is 1.96. The second-order valence-corrected chi connectivity index (χ2v) is 13.8. The lowest BCUT2D eigenvalue weighted by molar-refractivity contribution is 0.208. The van der Waals surface area contributed by atoms with Crippen LogP contribution in [0.4, 0.5) is 0 Å². The molecule has 0 unspecified atom stereocenters. The molecule has 0 spiro atoms. The normalized spacial score (nSPS) is 16.0. The minimum atomic E-state index is -1.58. The third-order valence-corrected chi connectivity index (χ3v) is 4.03. The Morgan fingerprint density at radius 3 is 1.94 bits per heavy atom. The zero-order valence-corrected chi connectivity index (χ0v) is 15.2. The van der Waals surface area contributed by atoms with E-state index in [1.165, 1.54) is 0 Å². The van der Waals surface area contributed by atoms with Crippen LogP contribution in [0.25, 0.3) is 0 Å². The fourth-order valence-electron chi connectivity index (χ4n) is 1.09. The topological polar surface area (TPSA) is 18.5 Å². The predicted molar refractivity (Wildman–Crippen MR) is 81.1 cm³/mol. The third-order valence-electron chi connectivity index (χ3n) is 2.51. The first-order valence-corrected chi connectivity index (χ1v) is 12.7. The Morgan fingerprint density at radius 1 is 1.18 bits per heavy atom. The highest BCUT2D eigenvalue weighted by Gasteiger charge is 2.23. The van der Waals surface area contributed by atoms with E-state index in [0.717, 1.165) is 5.95 Å². The van der Waals surface area contributed by atoms with E-state index in [-0.39, 0.29) is 5.41 Å². The largest absolute Gasteiger partial charge is 0.523 e. The highest BCUT2D eigenvalue weighted by Crippen LogP contribution is 2.28. The summed E-state index contributed by atoms with van der Waals surface area (Å²) < 4.78 is 11.9. The van der Waals surface area contributed by atoms with Crippen molar-refractivity contribution in [1.29, 1.82) is 0 Å². The van der Waals surface area contributed by atoms with Gasteiger partial charge in [-0.3, -0.25) is 0 Å². The van der Waals surface area contributed by atoms with Gasteiger partial charge in [-0.05, 0) is 50.1 Å². The summed E-state index contributed by atoms with van der Waals surface area (Å²) in [5.74, 6) is 1.22. The van der Waals surface area contributed by atoms with Crippen LogP contribution >= 0.6 is 0 Å². The average molecular weight is 275 g/mol. The van der Waals surface area contributed by atoms with Crippen molar-refractivity contribution in [1.82, 2.24) is 0 Å². The van der Waals surface area contributed by atoms with Crippen molar-refractivity contribution in [3.8, 4) is 0 Å². The maximum absolute atomic E-state index is 6.03. The summed E-state index contributed by atoms with van der Waals surface area (Å²) in [5.41, 5.74) is 0.246. The minimum Gasteiger partial charge on any atom is -0.523 e. The maximum atomic E-state index is 6.03. The van der Waals surface area contributed by atoms with E-state index in [2.05, 4.69) is 66.5 Å². The van der Waals surface area contributed by atoms with Gasteiger partial charge in [0.1, 0.15) is 0 Å². The summed E-state index contributed by atoms with van der Waals surface area (Å²) in [6.45, 7) is 19.9. The maximum Gasteiger partial charge on any atom is 0.247 e. The van der Waals surface area contributed by atoms with Gasteiger partial charge >= 0.3 is 0 Å². The molecule has 0 rings (SSSR count). The van der Waals surface area contributed by atoms with Crippen molar-refractivity contribution in [2.75, 3.05) is 0 Å². The summed E-state index contributed by atoms with van der Waals surface area (Å²) in [6, 6.07) is 0. The molecular weight excluding hydrogens is 244 g/mol.